The number of benzene rings is 2. The smallest absolute Gasteiger partial charge is 0.262 e. The van der Waals surface area contributed by atoms with E-state index < -0.39 is 17.1 Å². The van der Waals surface area contributed by atoms with Crippen molar-refractivity contribution in [2.75, 3.05) is 10.2 Å². The van der Waals surface area contributed by atoms with E-state index in [2.05, 4.69) is 21.2 Å². The maximum atomic E-state index is 13.0. The van der Waals surface area contributed by atoms with Gasteiger partial charge in [0.15, 0.2) is 0 Å². The Labute approximate surface area is 179 Å². The molecule has 3 N–H and O–H groups in total. The molecule has 3 rings (SSSR count). The zero-order valence-corrected chi connectivity index (χ0v) is 17.4. The molecule has 0 spiro atoms. The van der Waals surface area contributed by atoms with Gasteiger partial charge in [-0.05, 0) is 36.4 Å². The number of hydrogen-bond acceptors (Lipinski definition) is 5. The summed E-state index contributed by atoms with van der Waals surface area (Å²) in [7, 11) is 0. The fourth-order valence-corrected chi connectivity index (χ4v) is 4.26. The minimum Gasteiger partial charge on any atom is -0.365 e. The van der Waals surface area contributed by atoms with Crippen molar-refractivity contribution >= 4 is 56.8 Å². The van der Waals surface area contributed by atoms with Crippen molar-refractivity contribution in [2.24, 2.45) is 5.73 Å². The number of nitrogens with two attached hydrogens (primary N) is 1. The molecule has 29 heavy (non-hydrogen) atoms. The summed E-state index contributed by atoms with van der Waals surface area (Å²) in [6.45, 7) is 0. The Balaban J connectivity index is 1.86. The third-order valence-corrected chi connectivity index (χ3v) is 5.83. The summed E-state index contributed by atoms with van der Waals surface area (Å²) in [5.41, 5.74) is 6.09. The third kappa shape index (κ3) is 4.67. The van der Waals surface area contributed by atoms with Gasteiger partial charge in [0.05, 0.1) is 5.25 Å². The van der Waals surface area contributed by atoms with Crippen LogP contribution in [0, 0.1) is 11.3 Å². The van der Waals surface area contributed by atoms with Gasteiger partial charge in [-0.3, -0.25) is 19.3 Å². The molecule has 1 atom stereocenters. The second kappa shape index (κ2) is 8.94. The molecule has 1 fully saturated rings. The number of para-hydroxylation sites is 1. The molecule has 2 aromatic rings. The molecular formula is C20H15BrN4O3S. The average Bonchev–Trinajstić information content (AvgIpc) is 3.00. The Hall–Kier alpha value is -3.09. The second-order valence-corrected chi connectivity index (χ2v) is 8.14. The summed E-state index contributed by atoms with van der Waals surface area (Å²) >= 11 is 4.31. The van der Waals surface area contributed by atoms with Crippen molar-refractivity contribution in [1.29, 1.82) is 5.26 Å². The first kappa shape index (κ1) is 20.6. The van der Waals surface area contributed by atoms with Crippen molar-refractivity contribution in [3.05, 3.63) is 69.7 Å². The highest BCUT2D eigenvalue weighted by atomic mass is 79.9. The lowest BCUT2D eigenvalue weighted by Crippen LogP contribution is -2.32. The quantitative estimate of drug-likeness (QED) is 0.514. The highest BCUT2D eigenvalue weighted by molar-refractivity contribution is 9.10. The molecule has 146 valence electrons. The van der Waals surface area contributed by atoms with Crippen LogP contribution in [-0.2, 0) is 14.4 Å². The number of rotatable bonds is 5. The van der Waals surface area contributed by atoms with Crippen LogP contribution in [0.5, 0.6) is 0 Å². The lowest BCUT2D eigenvalue weighted by molar-refractivity contribution is -0.121. The fourth-order valence-electron chi connectivity index (χ4n) is 2.73. The third-order valence-electron chi connectivity index (χ3n) is 4.04. The van der Waals surface area contributed by atoms with E-state index in [1.54, 1.807) is 60.7 Å². The molecule has 1 aliphatic heterocycles. The van der Waals surface area contributed by atoms with Gasteiger partial charge in [-0.25, -0.2) is 0 Å². The number of primary amides is 1. The highest BCUT2D eigenvalue weighted by Crippen LogP contribution is 2.41. The zero-order valence-electron chi connectivity index (χ0n) is 15.0. The van der Waals surface area contributed by atoms with Crippen LogP contribution in [0.1, 0.15) is 6.42 Å². The predicted octanol–water partition coefficient (Wildman–Crippen LogP) is 3.15. The summed E-state index contributed by atoms with van der Waals surface area (Å²) in [4.78, 5) is 38.4. The molecule has 9 heteroatoms. The lowest BCUT2D eigenvalue weighted by Gasteiger charge is -2.18. The van der Waals surface area contributed by atoms with Gasteiger partial charge in [0.25, 0.3) is 5.91 Å². The van der Waals surface area contributed by atoms with Crippen LogP contribution in [0.15, 0.2) is 69.7 Å². The predicted molar refractivity (Wildman–Crippen MR) is 115 cm³/mol. The van der Waals surface area contributed by atoms with Gasteiger partial charge in [0, 0.05) is 22.3 Å². The van der Waals surface area contributed by atoms with E-state index in [1.807, 2.05) is 0 Å². The second-order valence-electron chi connectivity index (χ2n) is 6.03. The van der Waals surface area contributed by atoms with E-state index in [0.717, 1.165) is 16.2 Å². The molecule has 7 nitrogen and oxygen atoms in total. The highest BCUT2D eigenvalue weighted by Gasteiger charge is 2.41. The van der Waals surface area contributed by atoms with E-state index in [-0.39, 0.29) is 22.9 Å². The summed E-state index contributed by atoms with van der Waals surface area (Å²) in [5, 5.41) is 11.4. The average molecular weight is 471 g/mol. The van der Waals surface area contributed by atoms with Crippen LogP contribution in [0.3, 0.4) is 0 Å². The number of carbonyl (C=O) groups is 3. The van der Waals surface area contributed by atoms with Crippen LogP contribution < -0.4 is 16.0 Å². The normalized spacial score (nSPS) is 17.6. The number of nitrogens with one attached hydrogen (secondary N) is 1. The van der Waals surface area contributed by atoms with Gasteiger partial charge in [-0.1, -0.05) is 45.9 Å². The number of anilines is 2. The number of nitrogens with zero attached hydrogens (tertiary/aromatic N) is 2. The largest absolute Gasteiger partial charge is 0.365 e. The van der Waals surface area contributed by atoms with E-state index in [9.17, 15) is 19.6 Å². The number of hydrogen-bond donors (Lipinski definition) is 2. The maximum absolute atomic E-state index is 13.0. The molecule has 0 aromatic heterocycles. The van der Waals surface area contributed by atoms with E-state index >= 15 is 0 Å². The molecule has 0 bridgehead atoms. The van der Waals surface area contributed by atoms with Crippen molar-refractivity contribution in [1.82, 2.24) is 0 Å². The van der Waals surface area contributed by atoms with E-state index in [4.69, 9.17) is 5.73 Å². The summed E-state index contributed by atoms with van der Waals surface area (Å²) in [6.07, 6.45) is -0.121. The van der Waals surface area contributed by atoms with Crippen molar-refractivity contribution in [3.63, 3.8) is 0 Å². The van der Waals surface area contributed by atoms with Crippen molar-refractivity contribution < 1.29 is 14.4 Å². The molecular weight excluding hydrogens is 456 g/mol. The Morgan fingerprint density at radius 2 is 1.83 bits per heavy atom. The van der Waals surface area contributed by atoms with Gasteiger partial charge in [-0.2, -0.15) is 5.26 Å². The topological polar surface area (TPSA) is 116 Å². The first-order valence-corrected chi connectivity index (χ1v) is 10.1. The van der Waals surface area contributed by atoms with Gasteiger partial charge in [-0.15, -0.1) is 0 Å². The lowest BCUT2D eigenvalue weighted by atomic mass is 10.2. The number of carbonyl (C=O) groups excluding carboxylic acids is 3. The maximum Gasteiger partial charge on any atom is 0.262 e. The first-order valence-electron chi connectivity index (χ1n) is 8.46. The van der Waals surface area contributed by atoms with Crippen LogP contribution >= 0.6 is 27.7 Å². The Morgan fingerprint density at radius 1 is 1.17 bits per heavy atom. The van der Waals surface area contributed by atoms with Crippen LogP contribution in [0.4, 0.5) is 11.4 Å². The Bertz CT molecular complexity index is 1030. The van der Waals surface area contributed by atoms with Gasteiger partial charge >= 0.3 is 0 Å². The molecule has 0 unspecified atom stereocenters. The summed E-state index contributed by atoms with van der Waals surface area (Å²) in [5.74, 6) is -1.68. The van der Waals surface area contributed by atoms with Gasteiger partial charge in [0.1, 0.15) is 16.7 Å². The molecule has 3 amide bonds. The summed E-state index contributed by atoms with van der Waals surface area (Å²) in [6, 6.07) is 17.4. The van der Waals surface area contributed by atoms with E-state index in [1.165, 1.54) is 4.90 Å². The minimum atomic E-state index is -0.927. The standard InChI is InChI=1S/C20H15BrN4O3S/c21-12-6-8-13(9-7-12)24-17(26)10-16-19(28)25(14-4-2-1-3-5-14)20(29-16)15(11-22)18(23)27/h1-9,16H,10H2,(H2,23,27)(H,24,26)/b20-15+/t16-/m0/s1. The van der Waals surface area contributed by atoms with Crippen molar-refractivity contribution in [3.8, 4) is 6.07 Å². The molecule has 1 aliphatic rings. The number of nitriles is 1. The molecule has 2 aromatic carbocycles. The monoisotopic (exact) mass is 470 g/mol. The van der Waals surface area contributed by atoms with Crippen LogP contribution in [0.25, 0.3) is 0 Å². The van der Waals surface area contributed by atoms with Crippen LogP contribution in [-0.4, -0.2) is 23.0 Å². The number of amides is 3. The molecule has 0 radical (unpaired) electrons. The van der Waals surface area contributed by atoms with Crippen molar-refractivity contribution in [2.45, 2.75) is 11.7 Å². The Kier molecular flexibility index (Phi) is 6.36. The number of halogens is 1. The first-order chi connectivity index (χ1) is 13.9. The summed E-state index contributed by atoms with van der Waals surface area (Å²) < 4.78 is 0.876. The molecule has 0 aliphatic carbocycles. The molecule has 1 heterocycles. The minimum absolute atomic E-state index is 0.121. The van der Waals surface area contributed by atoms with Gasteiger partial charge in [0.2, 0.25) is 11.8 Å². The zero-order chi connectivity index (χ0) is 21.0. The molecule has 0 saturated carbocycles. The fraction of sp³-hybridized carbons (Fsp3) is 0.100. The Morgan fingerprint density at radius 3 is 2.41 bits per heavy atom. The van der Waals surface area contributed by atoms with Gasteiger partial charge < -0.3 is 11.1 Å². The SMILES string of the molecule is N#C/C(C(N)=O)=C1\S[C@@H](CC(=O)Nc2ccc(Br)cc2)C(=O)N1c1ccccc1. The van der Waals surface area contributed by atoms with E-state index in [0.29, 0.717) is 11.4 Å². The van der Waals surface area contributed by atoms with Crippen LogP contribution in [0.2, 0.25) is 0 Å². The number of thioether (sulfide) groups is 1. The molecule has 1 saturated heterocycles.